The summed E-state index contributed by atoms with van der Waals surface area (Å²) in [6.45, 7) is 3.41. The summed E-state index contributed by atoms with van der Waals surface area (Å²) in [6, 6.07) is 3.66. The summed E-state index contributed by atoms with van der Waals surface area (Å²) in [4.78, 5) is 17.2. The minimum Gasteiger partial charge on any atom is -0.357 e. The van der Waals surface area contributed by atoms with Crippen LogP contribution in [0.3, 0.4) is 0 Å². The van der Waals surface area contributed by atoms with Gasteiger partial charge in [0.05, 0.1) is 5.54 Å². The Kier molecular flexibility index (Phi) is 3.01. The smallest absolute Gasteiger partial charge is 0.270 e. The number of carbonyl (C=O) groups is 1. The largest absolute Gasteiger partial charge is 0.357 e. The van der Waals surface area contributed by atoms with Crippen LogP contribution in [0.1, 0.15) is 36.7 Å². The van der Waals surface area contributed by atoms with Crippen LogP contribution < -0.4 is 5.73 Å². The van der Waals surface area contributed by atoms with Crippen LogP contribution in [0.15, 0.2) is 18.3 Å². The fourth-order valence-corrected chi connectivity index (χ4v) is 2.35. The number of hydrogen-bond donors (Lipinski definition) is 2. The molecule has 1 fully saturated rings. The average molecular weight is 221 g/mol. The van der Waals surface area contributed by atoms with Crippen LogP contribution >= 0.6 is 0 Å². The number of nitrogens with one attached hydrogen (secondary N) is 1. The normalized spacial score (nSPS) is 25.8. The standard InChI is InChI=1S/C12H19N3O/c1-12(9-13)6-2-3-8-15(12)11(16)10-5-4-7-14-10/h4-5,7,14H,2-3,6,8-9,13H2,1H3. The number of piperidine rings is 1. The van der Waals surface area contributed by atoms with E-state index in [1.807, 2.05) is 17.0 Å². The van der Waals surface area contributed by atoms with E-state index >= 15 is 0 Å². The van der Waals surface area contributed by atoms with Gasteiger partial charge in [-0.15, -0.1) is 0 Å². The first-order valence-electron chi connectivity index (χ1n) is 5.83. The monoisotopic (exact) mass is 221 g/mol. The fourth-order valence-electron chi connectivity index (χ4n) is 2.35. The highest BCUT2D eigenvalue weighted by molar-refractivity contribution is 5.93. The van der Waals surface area contributed by atoms with Gasteiger partial charge in [0.25, 0.3) is 5.91 Å². The Morgan fingerprint density at radius 2 is 2.44 bits per heavy atom. The van der Waals surface area contributed by atoms with Crippen molar-refractivity contribution in [1.29, 1.82) is 0 Å². The second-order valence-electron chi connectivity index (χ2n) is 4.70. The van der Waals surface area contributed by atoms with Crippen molar-refractivity contribution in [3.63, 3.8) is 0 Å². The first kappa shape index (κ1) is 11.2. The van der Waals surface area contributed by atoms with Crippen molar-refractivity contribution in [1.82, 2.24) is 9.88 Å². The molecule has 0 aliphatic carbocycles. The zero-order valence-electron chi connectivity index (χ0n) is 9.70. The molecule has 16 heavy (non-hydrogen) atoms. The number of H-pyrrole nitrogens is 1. The maximum absolute atomic E-state index is 12.3. The Labute approximate surface area is 95.8 Å². The Bertz CT molecular complexity index is 360. The summed E-state index contributed by atoms with van der Waals surface area (Å²) in [7, 11) is 0. The van der Waals surface area contributed by atoms with E-state index in [1.165, 1.54) is 0 Å². The van der Waals surface area contributed by atoms with Crippen molar-refractivity contribution >= 4 is 5.91 Å². The van der Waals surface area contributed by atoms with Crippen LogP contribution in [0, 0.1) is 0 Å². The Morgan fingerprint density at radius 3 is 3.06 bits per heavy atom. The maximum Gasteiger partial charge on any atom is 0.270 e. The number of nitrogens with zero attached hydrogens (tertiary/aromatic N) is 1. The molecule has 0 radical (unpaired) electrons. The van der Waals surface area contributed by atoms with Crippen LogP contribution in [-0.2, 0) is 0 Å². The molecule has 0 spiro atoms. The molecule has 0 bridgehead atoms. The van der Waals surface area contributed by atoms with Crippen molar-refractivity contribution in [3.8, 4) is 0 Å². The number of likely N-dealkylation sites (tertiary alicyclic amines) is 1. The van der Waals surface area contributed by atoms with E-state index in [0.717, 1.165) is 25.8 Å². The predicted molar refractivity (Wildman–Crippen MR) is 63.1 cm³/mol. The molecular weight excluding hydrogens is 202 g/mol. The third-order valence-corrected chi connectivity index (χ3v) is 3.51. The molecule has 1 amide bonds. The summed E-state index contributed by atoms with van der Waals surface area (Å²) >= 11 is 0. The lowest BCUT2D eigenvalue weighted by atomic mass is 9.88. The van der Waals surface area contributed by atoms with Gasteiger partial charge in [0.15, 0.2) is 0 Å². The predicted octanol–water partition coefficient (Wildman–Crippen LogP) is 1.36. The zero-order valence-corrected chi connectivity index (χ0v) is 9.70. The molecule has 1 aliphatic rings. The van der Waals surface area contributed by atoms with Gasteiger partial charge >= 0.3 is 0 Å². The lowest BCUT2D eigenvalue weighted by molar-refractivity contribution is 0.0398. The van der Waals surface area contributed by atoms with Crippen molar-refractivity contribution in [2.45, 2.75) is 31.7 Å². The van der Waals surface area contributed by atoms with Crippen molar-refractivity contribution < 1.29 is 4.79 Å². The number of amides is 1. The summed E-state index contributed by atoms with van der Waals surface area (Å²) in [6.07, 6.45) is 5.00. The van der Waals surface area contributed by atoms with E-state index < -0.39 is 0 Å². The summed E-state index contributed by atoms with van der Waals surface area (Å²) < 4.78 is 0. The summed E-state index contributed by atoms with van der Waals surface area (Å²) in [5, 5.41) is 0. The molecule has 2 heterocycles. The molecule has 3 N–H and O–H groups in total. The fraction of sp³-hybridized carbons (Fsp3) is 0.583. The van der Waals surface area contributed by atoms with Gasteiger partial charge in [-0.05, 0) is 38.3 Å². The van der Waals surface area contributed by atoms with Crippen molar-refractivity contribution in [3.05, 3.63) is 24.0 Å². The summed E-state index contributed by atoms with van der Waals surface area (Å²) in [5.74, 6) is 0.0673. The molecule has 4 nitrogen and oxygen atoms in total. The van der Waals surface area contributed by atoms with Gasteiger partial charge in [-0.3, -0.25) is 4.79 Å². The van der Waals surface area contributed by atoms with Crippen LogP contribution in [0.25, 0.3) is 0 Å². The van der Waals surface area contributed by atoms with Crippen LogP contribution in [0.4, 0.5) is 0 Å². The molecule has 1 saturated heterocycles. The molecule has 1 aliphatic heterocycles. The highest BCUT2D eigenvalue weighted by Gasteiger charge is 2.36. The highest BCUT2D eigenvalue weighted by atomic mass is 16.2. The molecule has 1 unspecified atom stereocenters. The average Bonchev–Trinajstić information content (AvgIpc) is 2.82. The second-order valence-corrected chi connectivity index (χ2v) is 4.70. The van der Waals surface area contributed by atoms with E-state index in [9.17, 15) is 4.79 Å². The first-order chi connectivity index (χ1) is 7.67. The molecule has 88 valence electrons. The van der Waals surface area contributed by atoms with Gasteiger partial charge in [0.1, 0.15) is 5.69 Å². The van der Waals surface area contributed by atoms with Crippen molar-refractivity contribution in [2.75, 3.05) is 13.1 Å². The Morgan fingerprint density at radius 1 is 1.62 bits per heavy atom. The van der Waals surface area contributed by atoms with E-state index in [-0.39, 0.29) is 11.4 Å². The number of rotatable bonds is 2. The van der Waals surface area contributed by atoms with Gasteiger partial charge in [-0.1, -0.05) is 0 Å². The second kappa shape index (κ2) is 4.29. The van der Waals surface area contributed by atoms with Gasteiger partial charge in [-0.25, -0.2) is 0 Å². The van der Waals surface area contributed by atoms with E-state index in [2.05, 4.69) is 11.9 Å². The van der Waals surface area contributed by atoms with Crippen LogP contribution in [-0.4, -0.2) is 34.4 Å². The van der Waals surface area contributed by atoms with Gasteiger partial charge in [0, 0.05) is 19.3 Å². The quantitative estimate of drug-likeness (QED) is 0.792. The third kappa shape index (κ3) is 1.85. The van der Waals surface area contributed by atoms with Crippen LogP contribution in [0.2, 0.25) is 0 Å². The number of nitrogens with two attached hydrogens (primary N) is 1. The molecule has 0 saturated carbocycles. The Hall–Kier alpha value is -1.29. The minimum atomic E-state index is -0.180. The molecular formula is C12H19N3O. The van der Waals surface area contributed by atoms with Crippen LogP contribution in [0.5, 0.6) is 0 Å². The molecule has 1 aromatic heterocycles. The minimum absolute atomic E-state index is 0.0673. The molecule has 1 aromatic rings. The SMILES string of the molecule is CC1(CN)CCCCN1C(=O)c1ccc[nH]1. The van der Waals surface area contributed by atoms with E-state index in [4.69, 9.17) is 5.73 Å². The maximum atomic E-state index is 12.3. The number of aromatic nitrogens is 1. The number of carbonyl (C=O) groups excluding carboxylic acids is 1. The lowest BCUT2D eigenvalue weighted by Gasteiger charge is -2.44. The summed E-state index contributed by atoms with van der Waals surface area (Å²) in [5.41, 5.74) is 6.29. The highest BCUT2D eigenvalue weighted by Crippen LogP contribution is 2.28. The lowest BCUT2D eigenvalue weighted by Crippen LogP contribution is -2.56. The first-order valence-corrected chi connectivity index (χ1v) is 5.83. The topological polar surface area (TPSA) is 62.1 Å². The van der Waals surface area contributed by atoms with E-state index in [1.54, 1.807) is 6.20 Å². The molecule has 1 atom stereocenters. The zero-order chi connectivity index (χ0) is 11.6. The molecule has 4 heteroatoms. The molecule has 2 rings (SSSR count). The molecule has 0 aromatic carbocycles. The third-order valence-electron chi connectivity index (χ3n) is 3.51. The van der Waals surface area contributed by atoms with Gasteiger partial charge < -0.3 is 15.6 Å². The number of hydrogen-bond acceptors (Lipinski definition) is 2. The number of aromatic amines is 1. The van der Waals surface area contributed by atoms with Gasteiger partial charge in [-0.2, -0.15) is 0 Å². The van der Waals surface area contributed by atoms with E-state index in [0.29, 0.717) is 12.2 Å². The van der Waals surface area contributed by atoms with Crippen molar-refractivity contribution in [2.24, 2.45) is 5.73 Å². The van der Waals surface area contributed by atoms with Gasteiger partial charge in [0.2, 0.25) is 0 Å². The Balaban J connectivity index is 2.21.